The van der Waals surface area contributed by atoms with E-state index in [2.05, 4.69) is 9.68 Å². The SMILES string of the molecule is CC(C)(CO)c1cc(N)on1.O=C(O)[C@@H]1CCC(=O)N1c1ccc(C(F)(F)F)cc1. The second-order valence-corrected chi connectivity index (χ2v) is 7.36. The number of hydrogen-bond acceptors (Lipinski definition) is 6. The molecule has 1 aliphatic heterocycles. The van der Waals surface area contributed by atoms with Crippen LogP contribution in [-0.2, 0) is 21.2 Å². The third-order valence-corrected chi connectivity index (χ3v) is 4.59. The summed E-state index contributed by atoms with van der Waals surface area (Å²) < 4.78 is 41.9. The Morgan fingerprint density at radius 2 is 1.90 bits per heavy atom. The molecule has 0 radical (unpaired) electrons. The number of aromatic nitrogens is 1. The number of carboxylic acids is 1. The summed E-state index contributed by atoms with van der Waals surface area (Å²) in [7, 11) is 0. The lowest BCUT2D eigenvalue weighted by Crippen LogP contribution is -2.38. The van der Waals surface area contributed by atoms with Gasteiger partial charge in [-0.15, -0.1) is 0 Å². The van der Waals surface area contributed by atoms with Crippen LogP contribution in [0.25, 0.3) is 0 Å². The van der Waals surface area contributed by atoms with Gasteiger partial charge in [-0.1, -0.05) is 19.0 Å². The van der Waals surface area contributed by atoms with Gasteiger partial charge in [0.1, 0.15) is 6.04 Å². The van der Waals surface area contributed by atoms with E-state index < -0.39 is 29.7 Å². The number of nitrogen functional groups attached to an aromatic ring is 1. The molecule has 0 aliphatic carbocycles. The number of amides is 1. The van der Waals surface area contributed by atoms with E-state index >= 15 is 0 Å². The smallest absolute Gasteiger partial charge is 0.416 e. The number of aliphatic hydroxyl groups excluding tert-OH is 1. The van der Waals surface area contributed by atoms with Gasteiger partial charge >= 0.3 is 12.1 Å². The quantitative estimate of drug-likeness (QED) is 0.681. The van der Waals surface area contributed by atoms with E-state index in [-0.39, 0.29) is 36.4 Å². The Morgan fingerprint density at radius 1 is 1.30 bits per heavy atom. The van der Waals surface area contributed by atoms with Gasteiger partial charge < -0.3 is 20.5 Å². The van der Waals surface area contributed by atoms with Crippen LogP contribution >= 0.6 is 0 Å². The number of halogens is 3. The molecule has 1 aliphatic rings. The number of carbonyl (C=O) groups is 2. The van der Waals surface area contributed by atoms with Crippen molar-refractivity contribution in [2.24, 2.45) is 0 Å². The highest BCUT2D eigenvalue weighted by Crippen LogP contribution is 2.32. The van der Waals surface area contributed by atoms with Gasteiger partial charge in [-0.3, -0.25) is 9.69 Å². The molecule has 1 aromatic heterocycles. The lowest BCUT2D eigenvalue weighted by Gasteiger charge is -2.22. The fourth-order valence-corrected chi connectivity index (χ4v) is 2.74. The first-order chi connectivity index (χ1) is 13.9. The monoisotopic (exact) mass is 429 g/mol. The number of nitrogens with zero attached hydrogens (tertiary/aromatic N) is 2. The minimum absolute atomic E-state index is 0.0268. The number of rotatable bonds is 4. The predicted octanol–water partition coefficient (Wildman–Crippen LogP) is 2.81. The number of carbonyl (C=O) groups excluding carboxylic acids is 1. The first-order valence-electron chi connectivity index (χ1n) is 8.92. The van der Waals surface area contributed by atoms with Crippen molar-refractivity contribution in [3.05, 3.63) is 41.6 Å². The molecule has 0 unspecified atom stereocenters. The minimum atomic E-state index is -4.46. The lowest BCUT2D eigenvalue weighted by atomic mass is 9.91. The van der Waals surface area contributed by atoms with Gasteiger partial charge in [0.2, 0.25) is 11.8 Å². The summed E-state index contributed by atoms with van der Waals surface area (Å²) >= 11 is 0. The molecule has 1 aromatic carbocycles. The molecule has 4 N–H and O–H groups in total. The molecule has 0 bridgehead atoms. The van der Waals surface area contributed by atoms with Crippen LogP contribution in [0.2, 0.25) is 0 Å². The summed E-state index contributed by atoms with van der Waals surface area (Å²) in [5, 5.41) is 21.6. The number of benzene rings is 1. The molecule has 1 fully saturated rings. The van der Waals surface area contributed by atoms with E-state index in [1.165, 1.54) is 0 Å². The second-order valence-electron chi connectivity index (χ2n) is 7.36. The number of aliphatic carboxylic acids is 1. The Hall–Kier alpha value is -3.08. The zero-order chi connectivity index (χ0) is 22.7. The van der Waals surface area contributed by atoms with Crippen LogP contribution in [0.4, 0.5) is 24.7 Å². The van der Waals surface area contributed by atoms with Crippen molar-refractivity contribution in [3.63, 3.8) is 0 Å². The Bertz CT molecular complexity index is 894. The number of anilines is 2. The van der Waals surface area contributed by atoms with E-state index in [0.717, 1.165) is 29.2 Å². The third kappa shape index (κ3) is 5.29. The topological polar surface area (TPSA) is 130 Å². The van der Waals surface area contributed by atoms with Crippen LogP contribution < -0.4 is 10.6 Å². The van der Waals surface area contributed by atoms with Crippen LogP contribution in [-0.4, -0.2) is 39.9 Å². The number of aliphatic hydroxyl groups is 1. The molecular formula is C19H22F3N3O5. The summed E-state index contributed by atoms with van der Waals surface area (Å²) in [6.45, 7) is 3.76. The molecule has 2 aromatic rings. The Kier molecular flexibility index (Phi) is 6.76. The van der Waals surface area contributed by atoms with Crippen molar-refractivity contribution in [2.75, 3.05) is 17.2 Å². The molecule has 164 valence electrons. The van der Waals surface area contributed by atoms with Crippen LogP contribution in [0.3, 0.4) is 0 Å². The maximum Gasteiger partial charge on any atom is 0.416 e. The van der Waals surface area contributed by atoms with E-state index in [4.69, 9.17) is 15.9 Å². The standard InChI is InChI=1S/C12H10F3NO3.C7H12N2O2/c13-12(14,15)7-1-3-8(4-2-7)16-9(11(18)19)5-6-10(16)17;1-7(2,4-10)5-3-6(8)11-9-5/h1-4,9H,5-6H2,(H,18,19);3,10H,4,8H2,1-2H3/t9-;/m0./s1. The summed E-state index contributed by atoms with van der Waals surface area (Å²) in [6, 6.07) is 4.50. The molecule has 0 saturated carbocycles. The molecule has 30 heavy (non-hydrogen) atoms. The molecule has 0 spiro atoms. The average Bonchev–Trinajstić information content (AvgIpc) is 3.28. The first kappa shape index (κ1) is 23.2. The lowest BCUT2D eigenvalue weighted by molar-refractivity contribution is -0.139. The van der Waals surface area contributed by atoms with Gasteiger partial charge in [-0.2, -0.15) is 13.2 Å². The predicted molar refractivity (Wildman–Crippen MR) is 101 cm³/mol. The van der Waals surface area contributed by atoms with Gasteiger partial charge in [0.05, 0.1) is 17.9 Å². The summed E-state index contributed by atoms with van der Waals surface area (Å²) in [5.74, 6) is -1.28. The molecule has 1 amide bonds. The fourth-order valence-electron chi connectivity index (χ4n) is 2.74. The Balaban J connectivity index is 0.000000248. The second kappa shape index (κ2) is 8.74. The number of alkyl halides is 3. The molecular weight excluding hydrogens is 407 g/mol. The number of carboxylic acid groups (broad SMARTS) is 1. The van der Waals surface area contributed by atoms with Gasteiger partial charge in [0, 0.05) is 23.6 Å². The van der Waals surface area contributed by atoms with Gasteiger partial charge in [-0.25, -0.2) is 4.79 Å². The summed E-state index contributed by atoms with van der Waals surface area (Å²) in [5.41, 5.74) is 4.95. The van der Waals surface area contributed by atoms with Gasteiger partial charge in [0.25, 0.3) is 0 Å². The maximum atomic E-state index is 12.4. The Morgan fingerprint density at radius 3 is 2.33 bits per heavy atom. The Labute approximate surface area is 170 Å². The number of nitrogens with two attached hydrogens (primary N) is 1. The maximum absolute atomic E-state index is 12.4. The van der Waals surface area contributed by atoms with Crippen LogP contribution in [0.15, 0.2) is 34.9 Å². The van der Waals surface area contributed by atoms with E-state index in [0.29, 0.717) is 5.69 Å². The van der Waals surface area contributed by atoms with E-state index in [1.807, 2.05) is 13.8 Å². The molecule has 8 nitrogen and oxygen atoms in total. The van der Waals surface area contributed by atoms with Crippen LogP contribution in [0, 0.1) is 0 Å². The van der Waals surface area contributed by atoms with Crippen LogP contribution in [0.1, 0.15) is 37.9 Å². The van der Waals surface area contributed by atoms with Crippen LogP contribution in [0.5, 0.6) is 0 Å². The van der Waals surface area contributed by atoms with Crippen molar-refractivity contribution < 1.29 is 37.5 Å². The van der Waals surface area contributed by atoms with Crippen molar-refractivity contribution in [1.29, 1.82) is 0 Å². The largest absolute Gasteiger partial charge is 0.480 e. The third-order valence-electron chi connectivity index (χ3n) is 4.59. The molecule has 2 heterocycles. The van der Waals surface area contributed by atoms with Crippen molar-refractivity contribution >= 4 is 23.4 Å². The van der Waals surface area contributed by atoms with E-state index in [1.54, 1.807) is 6.07 Å². The van der Waals surface area contributed by atoms with E-state index in [9.17, 15) is 22.8 Å². The normalized spacial score (nSPS) is 16.9. The summed E-state index contributed by atoms with van der Waals surface area (Å²) in [6.07, 6.45) is -4.22. The van der Waals surface area contributed by atoms with Crippen molar-refractivity contribution in [3.8, 4) is 0 Å². The van der Waals surface area contributed by atoms with Crippen molar-refractivity contribution in [2.45, 2.75) is 44.3 Å². The summed E-state index contributed by atoms with van der Waals surface area (Å²) in [4.78, 5) is 23.6. The minimum Gasteiger partial charge on any atom is -0.480 e. The zero-order valence-corrected chi connectivity index (χ0v) is 16.3. The van der Waals surface area contributed by atoms with Crippen molar-refractivity contribution in [1.82, 2.24) is 5.16 Å². The average molecular weight is 429 g/mol. The molecule has 11 heteroatoms. The highest BCUT2D eigenvalue weighted by Gasteiger charge is 2.37. The highest BCUT2D eigenvalue weighted by atomic mass is 19.4. The van der Waals surface area contributed by atoms with Gasteiger partial charge in [0.15, 0.2) is 0 Å². The van der Waals surface area contributed by atoms with Gasteiger partial charge in [-0.05, 0) is 30.7 Å². The zero-order valence-electron chi connectivity index (χ0n) is 16.3. The highest BCUT2D eigenvalue weighted by molar-refractivity contribution is 6.02. The fraction of sp³-hybridized carbons (Fsp3) is 0.421. The molecule has 1 saturated heterocycles. The molecule has 3 rings (SSSR count). The molecule has 1 atom stereocenters. The number of hydrogen-bond donors (Lipinski definition) is 3. The first-order valence-corrected chi connectivity index (χ1v) is 8.92.